The second kappa shape index (κ2) is 11.2. The molecule has 124 valence electrons. The lowest BCUT2D eigenvalue weighted by atomic mass is 9.99. The summed E-state index contributed by atoms with van der Waals surface area (Å²) in [7, 11) is 0. The van der Waals surface area contributed by atoms with Crippen molar-refractivity contribution in [2.24, 2.45) is 4.99 Å². The third-order valence-electron chi connectivity index (χ3n) is 4.03. The van der Waals surface area contributed by atoms with Crippen LogP contribution in [0.15, 0.2) is 4.99 Å². The van der Waals surface area contributed by atoms with Crippen LogP contribution in [0.2, 0.25) is 0 Å². The summed E-state index contributed by atoms with van der Waals surface area (Å²) in [6.45, 7) is 8.91. The second-order valence-electron chi connectivity index (χ2n) is 5.68. The van der Waals surface area contributed by atoms with Gasteiger partial charge < -0.3 is 15.4 Å². The monoisotopic (exact) mass is 315 g/mol. The summed E-state index contributed by atoms with van der Waals surface area (Å²) in [4.78, 5) is 4.82. The number of guanidine groups is 1. The molecule has 0 saturated carbocycles. The van der Waals surface area contributed by atoms with E-state index in [0.717, 1.165) is 51.6 Å². The first-order chi connectivity index (χ1) is 10.3. The van der Waals surface area contributed by atoms with Gasteiger partial charge in [-0.05, 0) is 32.4 Å². The standard InChI is InChI=1S/C16H33N3OS/c1-4-6-7-8-11-18-15(17-5-2)19-14-16(21-3)9-12-20-13-10-16/h4-14H2,1-3H3,(H2,17,18,19). The summed E-state index contributed by atoms with van der Waals surface area (Å²) in [5.74, 6) is 0.967. The minimum atomic E-state index is 0.267. The van der Waals surface area contributed by atoms with Gasteiger partial charge in [0.05, 0.1) is 6.54 Å². The van der Waals surface area contributed by atoms with Crippen LogP contribution in [0.4, 0.5) is 0 Å². The Balaban J connectivity index is 2.41. The molecule has 1 heterocycles. The first-order valence-corrected chi connectivity index (χ1v) is 9.64. The van der Waals surface area contributed by atoms with Gasteiger partial charge in [0.15, 0.2) is 5.96 Å². The molecule has 0 aromatic carbocycles. The van der Waals surface area contributed by atoms with E-state index in [1.54, 1.807) is 0 Å². The average Bonchev–Trinajstić information content (AvgIpc) is 2.53. The highest BCUT2D eigenvalue weighted by Crippen LogP contribution is 2.33. The second-order valence-corrected chi connectivity index (χ2v) is 6.96. The van der Waals surface area contributed by atoms with Crippen molar-refractivity contribution in [3.63, 3.8) is 0 Å². The Hall–Kier alpha value is -0.420. The van der Waals surface area contributed by atoms with Crippen molar-refractivity contribution in [1.29, 1.82) is 0 Å². The molecule has 1 aliphatic rings. The van der Waals surface area contributed by atoms with Crippen LogP contribution in [0.1, 0.15) is 52.4 Å². The average molecular weight is 316 g/mol. The molecule has 0 unspecified atom stereocenters. The number of nitrogens with one attached hydrogen (secondary N) is 2. The Morgan fingerprint density at radius 2 is 1.90 bits per heavy atom. The Bertz CT molecular complexity index is 291. The predicted molar refractivity (Wildman–Crippen MR) is 94.4 cm³/mol. The molecule has 2 N–H and O–H groups in total. The van der Waals surface area contributed by atoms with E-state index < -0.39 is 0 Å². The molecule has 1 rings (SSSR count). The molecule has 21 heavy (non-hydrogen) atoms. The maximum Gasteiger partial charge on any atom is 0.191 e. The van der Waals surface area contributed by atoms with E-state index in [4.69, 9.17) is 9.73 Å². The number of hydrogen-bond donors (Lipinski definition) is 2. The largest absolute Gasteiger partial charge is 0.381 e. The number of nitrogens with zero attached hydrogens (tertiary/aromatic N) is 1. The van der Waals surface area contributed by atoms with Crippen LogP contribution >= 0.6 is 11.8 Å². The van der Waals surface area contributed by atoms with Crippen LogP contribution in [0.25, 0.3) is 0 Å². The van der Waals surface area contributed by atoms with Crippen LogP contribution in [0, 0.1) is 0 Å². The van der Waals surface area contributed by atoms with E-state index in [2.05, 4.69) is 30.7 Å². The fourth-order valence-corrected chi connectivity index (χ4v) is 3.26. The van der Waals surface area contributed by atoms with Gasteiger partial charge in [-0.3, -0.25) is 4.99 Å². The summed E-state index contributed by atoms with van der Waals surface area (Å²) in [6.07, 6.45) is 9.54. The zero-order chi connectivity index (χ0) is 15.4. The molecule has 0 radical (unpaired) electrons. The van der Waals surface area contributed by atoms with Crippen molar-refractivity contribution in [3.05, 3.63) is 0 Å². The smallest absolute Gasteiger partial charge is 0.191 e. The molecular weight excluding hydrogens is 282 g/mol. The van der Waals surface area contributed by atoms with E-state index in [1.807, 2.05) is 11.8 Å². The van der Waals surface area contributed by atoms with Gasteiger partial charge in [0.25, 0.3) is 0 Å². The lowest BCUT2D eigenvalue weighted by Crippen LogP contribution is -2.41. The molecule has 5 heteroatoms. The minimum Gasteiger partial charge on any atom is -0.381 e. The van der Waals surface area contributed by atoms with Gasteiger partial charge >= 0.3 is 0 Å². The molecule has 1 aliphatic heterocycles. The number of ether oxygens (including phenoxy) is 1. The van der Waals surface area contributed by atoms with Crippen molar-refractivity contribution in [2.45, 2.75) is 57.1 Å². The maximum absolute atomic E-state index is 5.49. The predicted octanol–water partition coefficient (Wildman–Crippen LogP) is 3.03. The highest BCUT2D eigenvalue weighted by Gasteiger charge is 2.31. The maximum atomic E-state index is 5.49. The molecule has 0 aliphatic carbocycles. The topological polar surface area (TPSA) is 45.7 Å². The van der Waals surface area contributed by atoms with Gasteiger partial charge in [-0.15, -0.1) is 0 Å². The van der Waals surface area contributed by atoms with Gasteiger partial charge in [-0.25, -0.2) is 0 Å². The molecule has 0 aromatic rings. The molecule has 4 nitrogen and oxygen atoms in total. The molecule has 1 fully saturated rings. The number of hydrogen-bond acceptors (Lipinski definition) is 3. The SMILES string of the molecule is CCCCCCNC(=NCC1(SC)CCOCC1)NCC. The van der Waals surface area contributed by atoms with Crippen molar-refractivity contribution in [1.82, 2.24) is 10.6 Å². The van der Waals surface area contributed by atoms with E-state index in [1.165, 1.54) is 25.7 Å². The first-order valence-electron chi connectivity index (χ1n) is 8.41. The zero-order valence-electron chi connectivity index (χ0n) is 14.0. The van der Waals surface area contributed by atoms with Gasteiger partial charge in [-0.2, -0.15) is 11.8 Å². The summed E-state index contributed by atoms with van der Waals surface area (Å²) in [5, 5.41) is 6.81. The fraction of sp³-hybridized carbons (Fsp3) is 0.938. The summed E-state index contributed by atoms with van der Waals surface area (Å²) < 4.78 is 5.76. The normalized spacial score (nSPS) is 18.5. The highest BCUT2D eigenvalue weighted by atomic mass is 32.2. The molecule has 1 saturated heterocycles. The number of rotatable bonds is 9. The van der Waals surface area contributed by atoms with Crippen molar-refractivity contribution >= 4 is 17.7 Å². The molecule has 0 amide bonds. The third-order valence-corrected chi connectivity index (χ3v) is 5.43. The van der Waals surface area contributed by atoms with Gasteiger partial charge in [0, 0.05) is 31.1 Å². The number of unbranched alkanes of at least 4 members (excludes halogenated alkanes) is 3. The van der Waals surface area contributed by atoms with Gasteiger partial charge in [0.1, 0.15) is 0 Å². The van der Waals surface area contributed by atoms with Crippen LogP contribution in [-0.4, -0.2) is 49.8 Å². The summed E-state index contributed by atoms with van der Waals surface area (Å²) in [6, 6.07) is 0. The molecule has 0 spiro atoms. The number of thioether (sulfide) groups is 1. The van der Waals surface area contributed by atoms with Crippen LogP contribution in [0.3, 0.4) is 0 Å². The lowest BCUT2D eigenvalue weighted by molar-refractivity contribution is 0.0794. The lowest BCUT2D eigenvalue weighted by Gasteiger charge is -2.34. The van der Waals surface area contributed by atoms with Crippen LogP contribution in [-0.2, 0) is 4.74 Å². The zero-order valence-corrected chi connectivity index (χ0v) is 14.9. The Morgan fingerprint density at radius 3 is 2.52 bits per heavy atom. The number of aliphatic imine (C=N–C) groups is 1. The Labute approximate surface area is 134 Å². The van der Waals surface area contributed by atoms with Crippen molar-refractivity contribution < 1.29 is 4.74 Å². The van der Waals surface area contributed by atoms with Gasteiger partial charge in [0.2, 0.25) is 0 Å². The molecular formula is C16H33N3OS. The van der Waals surface area contributed by atoms with E-state index in [-0.39, 0.29) is 4.75 Å². The Morgan fingerprint density at radius 1 is 1.14 bits per heavy atom. The van der Waals surface area contributed by atoms with E-state index in [0.29, 0.717) is 0 Å². The molecule has 0 atom stereocenters. The van der Waals surface area contributed by atoms with E-state index in [9.17, 15) is 0 Å². The van der Waals surface area contributed by atoms with E-state index >= 15 is 0 Å². The van der Waals surface area contributed by atoms with Crippen LogP contribution < -0.4 is 10.6 Å². The van der Waals surface area contributed by atoms with Crippen molar-refractivity contribution in [2.75, 3.05) is 39.1 Å². The molecule has 0 bridgehead atoms. The van der Waals surface area contributed by atoms with Crippen LogP contribution in [0.5, 0.6) is 0 Å². The first kappa shape index (κ1) is 18.6. The van der Waals surface area contributed by atoms with Crippen molar-refractivity contribution in [3.8, 4) is 0 Å². The molecule has 0 aromatic heterocycles. The third kappa shape index (κ3) is 7.41. The minimum absolute atomic E-state index is 0.267. The summed E-state index contributed by atoms with van der Waals surface area (Å²) >= 11 is 1.95. The quantitative estimate of drug-likeness (QED) is 0.390. The summed E-state index contributed by atoms with van der Waals surface area (Å²) in [5.41, 5.74) is 0. The Kier molecular flexibility index (Phi) is 9.92. The highest BCUT2D eigenvalue weighted by molar-refractivity contribution is 8.00. The van der Waals surface area contributed by atoms with Gasteiger partial charge in [-0.1, -0.05) is 26.2 Å². The fourth-order valence-electron chi connectivity index (χ4n) is 2.49.